The van der Waals surface area contributed by atoms with Crippen molar-refractivity contribution in [2.75, 3.05) is 20.2 Å². The number of carbonyl (C=O) groups is 2. The van der Waals surface area contributed by atoms with E-state index in [1.54, 1.807) is 12.1 Å². The minimum Gasteiger partial charge on any atom is -0.465 e. The third-order valence-corrected chi connectivity index (χ3v) is 6.20. The number of amides is 1. The Morgan fingerprint density at radius 2 is 1.75 bits per heavy atom. The van der Waals surface area contributed by atoms with Crippen LogP contribution in [-0.4, -0.2) is 44.8 Å². The Morgan fingerprint density at radius 1 is 1.12 bits per heavy atom. The Kier molecular flexibility index (Phi) is 8.17. The van der Waals surface area contributed by atoms with Crippen LogP contribution in [0.15, 0.2) is 66.1 Å². The Hall–Kier alpha value is -3.18. The summed E-state index contributed by atoms with van der Waals surface area (Å²) in [5.41, 5.74) is -0.388. The zero-order valence-corrected chi connectivity index (χ0v) is 17.9. The van der Waals surface area contributed by atoms with E-state index in [1.165, 1.54) is 31.4 Å². The Labute approximate surface area is 183 Å². The summed E-state index contributed by atoms with van der Waals surface area (Å²) in [6, 6.07) is 9.90. The summed E-state index contributed by atoms with van der Waals surface area (Å²) in [6.07, 6.45) is -3.71. The van der Waals surface area contributed by atoms with Crippen molar-refractivity contribution in [2.24, 2.45) is 0 Å². The number of esters is 1. The lowest BCUT2D eigenvalue weighted by Crippen LogP contribution is -2.41. The number of benzene rings is 2. The van der Waals surface area contributed by atoms with Gasteiger partial charge in [-0.1, -0.05) is 30.3 Å². The van der Waals surface area contributed by atoms with Crippen LogP contribution in [0.5, 0.6) is 0 Å². The molecule has 0 fully saturated rings. The van der Waals surface area contributed by atoms with Gasteiger partial charge in [0.25, 0.3) is 0 Å². The molecule has 0 bridgehead atoms. The first-order valence-electron chi connectivity index (χ1n) is 9.22. The van der Waals surface area contributed by atoms with Gasteiger partial charge >= 0.3 is 12.1 Å². The van der Waals surface area contributed by atoms with Crippen LogP contribution in [0.3, 0.4) is 0 Å². The van der Waals surface area contributed by atoms with Gasteiger partial charge in [-0.25, -0.2) is 13.2 Å². The van der Waals surface area contributed by atoms with Gasteiger partial charge in [0.2, 0.25) is 15.9 Å². The fourth-order valence-electron chi connectivity index (χ4n) is 2.75. The molecule has 0 aliphatic heterocycles. The van der Waals surface area contributed by atoms with Crippen molar-refractivity contribution in [3.63, 3.8) is 0 Å². The van der Waals surface area contributed by atoms with Crippen LogP contribution in [0.4, 0.5) is 13.2 Å². The highest BCUT2D eigenvalue weighted by atomic mass is 32.2. The summed E-state index contributed by atoms with van der Waals surface area (Å²) in [4.78, 5) is 22.8. The molecule has 0 atom stereocenters. The smallest absolute Gasteiger partial charge is 0.417 e. The molecule has 11 heteroatoms. The maximum absolute atomic E-state index is 13.3. The number of hydrogen-bond acceptors (Lipinski definition) is 5. The minimum atomic E-state index is -4.89. The molecule has 0 saturated carbocycles. The molecular weight excluding hydrogens is 449 g/mol. The number of methoxy groups -OCH3 is 1. The molecule has 2 aromatic carbocycles. The van der Waals surface area contributed by atoms with Crippen molar-refractivity contribution in [3.05, 3.63) is 77.9 Å². The van der Waals surface area contributed by atoms with Gasteiger partial charge in [-0.2, -0.15) is 17.5 Å². The third-order valence-electron chi connectivity index (χ3n) is 4.33. The number of carbonyl (C=O) groups excluding carboxylic acids is 2. The Balaban J connectivity index is 2.15. The molecule has 0 aliphatic carbocycles. The van der Waals surface area contributed by atoms with Crippen LogP contribution >= 0.6 is 0 Å². The van der Waals surface area contributed by atoms with Gasteiger partial charge in [-0.3, -0.25) is 4.79 Å². The molecule has 1 N–H and O–H groups in total. The first kappa shape index (κ1) is 25.1. The summed E-state index contributed by atoms with van der Waals surface area (Å²) in [5.74, 6) is -1.25. The highest BCUT2D eigenvalue weighted by Crippen LogP contribution is 2.35. The standard InChI is InChI=1S/C21H21F3N2O5S/c1-3-12-26(32(29,30)18-7-5-4-6-17(18)21(22,23)24)14-19(27)25-13-15-8-10-16(11-9-15)20(28)31-2/h3-11H,1,12-14H2,2H3,(H,25,27). The van der Waals surface area contributed by atoms with Gasteiger partial charge in [0, 0.05) is 13.1 Å². The highest BCUT2D eigenvalue weighted by molar-refractivity contribution is 7.89. The summed E-state index contributed by atoms with van der Waals surface area (Å²) in [6.45, 7) is 2.35. The fourth-order valence-corrected chi connectivity index (χ4v) is 4.33. The van der Waals surface area contributed by atoms with E-state index in [4.69, 9.17) is 0 Å². The van der Waals surface area contributed by atoms with E-state index in [2.05, 4.69) is 16.6 Å². The van der Waals surface area contributed by atoms with Gasteiger partial charge in [0.1, 0.15) is 0 Å². The van der Waals surface area contributed by atoms with Crippen molar-refractivity contribution in [3.8, 4) is 0 Å². The second-order valence-electron chi connectivity index (χ2n) is 6.55. The molecular formula is C21H21F3N2O5S. The largest absolute Gasteiger partial charge is 0.465 e. The van der Waals surface area contributed by atoms with Crippen molar-refractivity contribution < 1.29 is 35.9 Å². The maximum atomic E-state index is 13.3. The normalized spacial score (nSPS) is 11.8. The molecule has 2 rings (SSSR count). The second-order valence-corrected chi connectivity index (χ2v) is 8.45. The molecule has 0 aliphatic rings. The molecule has 0 heterocycles. The number of nitrogens with one attached hydrogen (secondary N) is 1. The molecule has 7 nitrogen and oxygen atoms in total. The van der Waals surface area contributed by atoms with Crippen LogP contribution < -0.4 is 5.32 Å². The Bertz CT molecular complexity index is 1080. The third kappa shape index (κ3) is 6.17. The fraction of sp³-hybridized carbons (Fsp3) is 0.238. The molecule has 0 aromatic heterocycles. The van der Waals surface area contributed by atoms with E-state index in [0.29, 0.717) is 21.5 Å². The average molecular weight is 470 g/mol. The van der Waals surface area contributed by atoms with Crippen LogP contribution in [-0.2, 0) is 32.3 Å². The van der Waals surface area contributed by atoms with E-state index < -0.39 is 45.1 Å². The van der Waals surface area contributed by atoms with Crippen LogP contribution in [0, 0.1) is 0 Å². The molecule has 1 amide bonds. The van der Waals surface area contributed by atoms with Gasteiger partial charge < -0.3 is 10.1 Å². The lowest BCUT2D eigenvalue weighted by Gasteiger charge is -2.22. The van der Waals surface area contributed by atoms with E-state index in [1.807, 2.05) is 0 Å². The second kappa shape index (κ2) is 10.4. The Morgan fingerprint density at radius 3 is 2.31 bits per heavy atom. The molecule has 32 heavy (non-hydrogen) atoms. The number of hydrogen-bond donors (Lipinski definition) is 1. The number of alkyl halides is 3. The first-order valence-corrected chi connectivity index (χ1v) is 10.7. The molecule has 0 saturated heterocycles. The number of nitrogens with zero attached hydrogens (tertiary/aromatic N) is 1. The average Bonchev–Trinajstić information content (AvgIpc) is 2.76. The number of halogens is 3. The molecule has 2 aromatic rings. The molecule has 172 valence electrons. The van der Waals surface area contributed by atoms with Crippen molar-refractivity contribution in [1.29, 1.82) is 0 Å². The topological polar surface area (TPSA) is 92.8 Å². The zero-order chi connectivity index (χ0) is 23.9. The van der Waals surface area contributed by atoms with Gasteiger partial charge in [-0.05, 0) is 29.8 Å². The van der Waals surface area contributed by atoms with E-state index >= 15 is 0 Å². The monoisotopic (exact) mass is 470 g/mol. The predicted molar refractivity (Wildman–Crippen MR) is 110 cm³/mol. The van der Waals surface area contributed by atoms with Gasteiger partial charge in [0.05, 0.1) is 29.7 Å². The highest BCUT2D eigenvalue weighted by Gasteiger charge is 2.39. The zero-order valence-electron chi connectivity index (χ0n) is 17.1. The van der Waals surface area contributed by atoms with Crippen molar-refractivity contribution >= 4 is 21.9 Å². The number of ether oxygens (including phenoxy) is 1. The number of rotatable bonds is 9. The van der Waals surface area contributed by atoms with Gasteiger partial charge in [-0.15, -0.1) is 6.58 Å². The van der Waals surface area contributed by atoms with Crippen molar-refractivity contribution in [2.45, 2.75) is 17.6 Å². The lowest BCUT2D eigenvalue weighted by atomic mass is 10.1. The SMILES string of the molecule is C=CCN(CC(=O)NCc1ccc(C(=O)OC)cc1)S(=O)(=O)c1ccccc1C(F)(F)F. The van der Waals surface area contributed by atoms with Crippen LogP contribution in [0.25, 0.3) is 0 Å². The summed E-state index contributed by atoms with van der Waals surface area (Å²) >= 11 is 0. The maximum Gasteiger partial charge on any atom is 0.417 e. The minimum absolute atomic E-state index is 0.0153. The van der Waals surface area contributed by atoms with E-state index in [-0.39, 0.29) is 13.1 Å². The molecule has 0 radical (unpaired) electrons. The first-order chi connectivity index (χ1) is 15.0. The predicted octanol–water partition coefficient (Wildman–Crippen LogP) is 2.99. The van der Waals surface area contributed by atoms with Crippen molar-refractivity contribution in [1.82, 2.24) is 9.62 Å². The quantitative estimate of drug-likeness (QED) is 0.449. The molecule has 0 spiro atoms. The lowest BCUT2D eigenvalue weighted by molar-refractivity contribution is -0.139. The van der Waals surface area contributed by atoms with Gasteiger partial charge in [0.15, 0.2) is 0 Å². The summed E-state index contributed by atoms with van der Waals surface area (Å²) in [5, 5.41) is 2.50. The van der Waals surface area contributed by atoms with Crippen LogP contribution in [0.1, 0.15) is 21.5 Å². The molecule has 0 unspecified atom stereocenters. The van der Waals surface area contributed by atoms with E-state index in [9.17, 15) is 31.2 Å². The number of sulfonamides is 1. The summed E-state index contributed by atoms with van der Waals surface area (Å²) in [7, 11) is -3.40. The van der Waals surface area contributed by atoms with E-state index in [0.717, 1.165) is 12.1 Å². The summed E-state index contributed by atoms with van der Waals surface area (Å²) < 4.78 is 70.8. The van der Waals surface area contributed by atoms with Crippen LogP contribution in [0.2, 0.25) is 0 Å².